The number of pyridine rings is 1. The molecule has 1 heterocycles. The molecule has 0 saturated heterocycles. The largest absolute Gasteiger partial charge is 0.491 e. The highest BCUT2D eigenvalue weighted by molar-refractivity contribution is 5.87. The van der Waals surface area contributed by atoms with Crippen LogP contribution in [0.15, 0.2) is 47.3 Å². The topological polar surface area (TPSA) is 71.7 Å². The summed E-state index contributed by atoms with van der Waals surface area (Å²) in [7, 11) is 1.90. The number of benzene rings is 2. The zero-order valence-electron chi connectivity index (χ0n) is 12.2. The molecule has 1 aromatic carbocycles. The first-order valence-corrected chi connectivity index (χ1v) is 7.04. The van der Waals surface area contributed by atoms with Crippen LogP contribution in [0.25, 0.3) is 22.2 Å². The molecule has 2 N–H and O–H groups in total. The van der Waals surface area contributed by atoms with Crippen molar-refractivity contribution in [1.82, 2.24) is 4.57 Å². The van der Waals surface area contributed by atoms with Crippen molar-refractivity contribution in [3.8, 4) is 17.0 Å². The maximum Gasteiger partial charge on any atom is 0.180 e. The molecule has 0 fully saturated rings. The Morgan fingerprint density at radius 1 is 1.18 bits per heavy atom. The third-order valence-electron chi connectivity index (χ3n) is 3.69. The van der Waals surface area contributed by atoms with Gasteiger partial charge in [0.15, 0.2) is 5.43 Å². The maximum atomic E-state index is 11.6. The summed E-state index contributed by atoms with van der Waals surface area (Å²) < 4.78 is 7.42. The average Bonchev–Trinajstić information content (AvgIpc) is 2.53. The van der Waals surface area contributed by atoms with E-state index in [0.717, 1.165) is 22.2 Å². The zero-order valence-corrected chi connectivity index (χ0v) is 12.2. The van der Waals surface area contributed by atoms with Crippen LogP contribution in [0.3, 0.4) is 0 Å². The van der Waals surface area contributed by atoms with Gasteiger partial charge in [0.2, 0.25) is 0 Å². The second kappa shape index (κ2) is 5.79. The lowest BCUT2D eigenvalue weighted by Crippen LogP contribution is -2.21. The van der Waals surface area contributed by atoms with E-state index in [1.807, 2.05) is 41.9 Å². The fraction of sp³-hybridized carbons (Fsp3) is 0.235. The van der Waals surface area contributed by atoms with E-state index in [0.29, 0.717) is 5.75 Å². The first-order chi connectivity index (χ1) is 10.6. The van der Waals surface area contributed by atoms with Crippen molar-refractivity contribution in [2.75, 3.05) is 13.2 Å². The molecule has 3 rings (SSSR count). The Kier molecular flexibility index (Phi) is 3.83. The van der Waals surface area contributed by atoms with Gasteiger partial charge in [-0.25, -0.2) is 0 Å². The summed E-state index contributed by atoms with van der Waals surface area (Å²) in [5.74, 6) is 0.605. The first-order valence-electron chi connectivity index (χ1n) is 7.04. The van der Waals surface area contributed by atoms with E-state index >= 15 is 0 Å². The van der Waals surface area contributed by atoms with E-state index in [-0.39, 0.29) is 18.6 Å². The van der Waals surface area contributed by atoms with Gasteiger partial charge in [0.25, 0.3) is 0 Å². The molecule has 2 aliphatic rings. The highest BCUT2D eigenvalue weighted by Gasteiger charge is 2.10. The minimum Gasteiger partial charge on any atom is -0.491 e. The molecule has 0 saturated carbocycles. The lowest BCUT2D eigenvalue weighted by molar-refractivity contribution is 0.0536. The van der Waals surface area contributed by atoms with Crippen molar-refractivity contribution < 1.29 is 14.9 Å². The van der Waals surface area contributed by atoms with Gasteiger partial charge in [-0.15, -0.1) is 0 Å². The predicted molar refractivity (Wildman–Crippen MR) is 84.4 cm³/mol. The van der Waals surface area contributed by atoms with Crippen LogP contribution in [-0.4, -0.2) is 34.1 Å². The molecule has 0 bridgehead atoms. The summed E-state index contributed by atoms with van der Waals surface area (Å²) >= 11 is 0. The van der Waals surface area contributed by atoms with E-state index in [1.54, 1.807) is 12.1 Å². The summed E-state index contributed by atoms with van der Waals surface area (Å²) in [5.41, 5.74) is 2.75. The standard InChI is InChI=1S/C17H17NO4/c1-18-16-7-13(20)4-2-11(16)6-12-3-5-15(8-17(12)18)22-10-14(21)9-19/h2-8,14,19,21H,9-10H2,1H3. The number of ether oxygens (including phenoxy) is 1. The van der Waals surface area contributed by atoms with Crippen molar-refractivity contribution in [2.45, 2.75) is 6.10 Å². The van der Waals surface area contributed by atoms with E-state index in [9.17, 15) is 9.90 Å². The Labute approximate surface area is 127 Å². The van der Waals surface area contributed by atoms with Crippen molar-refractivity contribution in [1.29, 1.82) is 0 Å². The minimum absolute atomic E-state index is 0.0269. The molecule has 0 radical (unpaired) electrons. The second-order valence-corrected chi connectivity index (χ2v) is 5.29. The first kappa shape index (κ1) is 14.6. The number of aryl methyl sites for hydroxylation is 1. The van der Waals surface area contributed by atoms with E-state index in [4.69, 9.17) is 9.84 Å². The lowest BCUT2D eigenvalue weighted by Gasteiger charge is -2.16. The molecule has 0 spiro atoms. The summed E-state index contributed by atoms with van der Waals surface area (Å²) in [6, 6.07) is 12.6. The van der Waals surface area contributed by atoms with Crippen LogP contribution >= 0.6 is 0 Å². The molecule has 22 heavy (non-hydrogen) atoms. The van der Waals surface area contributed by atoms with Crippen molar-refractivity contribution in [3.05, 3.63) is 52.7 Å². The smallest absolute Gasteiger partial charge is 0.180 e. The molecule has 1 atom stereocenters. The van der Waals surface area contributed by atoms with E-state index < -0.39 is 6.10 Å². The molecule has 1 unspecified atom stereocenters. The van der Waals surface area contributed by atoms with Crippen LogP contribution in [-0.2, 0) is 7.05 Å². The van der Waals surface area contributed by atoms with Crippen LogP contribution in [0.5, 0.6) is 5.75 Å². The molecule has 0 amide bonds. The van der Waals surface area contributed by atoms with Gasteiger partial charge in [-0.3, -0.25) is 4.79 Å². The van der Waals surface area contributed by atoms with E-state index in [2.05, 4.69) is 0 Å². The SMILES string of the molecule is Cn1c2cc(=O)ccc-2cc2ccc(OCC(O)CO)cc21. The molecule has 114 valence electrons. The molecular weight excluding hydrogens is 282 g/mol. The number of aromatic nitrogens is 1. The molecular formula is C17H17NO4. The molecule has 1 aromatic rings. The van der Waals surface area contributed by atoms with Gasteiger partial charge < -0.3 is 19.5 Å². The number of fused-ring (bicyclic) bond motifs is 2. The number of aliphatic hydroxyl groups excluding tert-OH is 2. The number of nitrogens with zero attached hydrogens (tertiary/aromatic N) is 1. The van der Waals surface area contributed by atoms with Gasteiger partial charge in [0.05, 0.1) is 17.8 Å². The highest BCUT2D eigenvalue weighted by Crippen LogP contribution is 2.28. The molecule has 5 nitrogen and oxygen atoms in total. The maximum absolute atomic E-state index is 11.6. The average molecular weight is 299 g/mol. The summed E-state index contributed by atoms with van der Waals surface area (Å²) in [6.07, 6.45) is -0.899. The Morgan fingerprint density at radius 3 is 2.77 bits per heavy atom. The molecule has 5 heteroatoms. The monoisotopic (exact) mass is 299 g/mol. The summed E-state index contributed by atoms with van der Waals surface area (Å²) in [5, 5.41) is 19.2. The van der Waals surface area contributed by atoms with Crippen LogP contribution in [0.2, 0.25) is 0 Å². The molecule has 1 aliphatic heterocycles. The minimum atomic E-state index is -0.899. The summed E-state index contributed by atoms with van der Waals surface area (Å²) in [4.78, 5) is 11.6. The quantitative estimate of drug-likeness (QED) is 0.714. The van der Waals surface area contributed by atoms with Crippen molar-refractivity contribution in [3.63, 3.8) is 0 Å². The number of hydrogen-bond acceptors (Lipinski definition) is 4. The van der Waals surface area contributed by atoms with Gasteiger partial charge in [-0.2, -0.15) is 0 Å². The van der Waals surface area contributed by atoms with Crippen molar-refractivity contribution >= 4 is 10.9 Å². The third kappa shape index (κ3) is 2.68. The van der Waals surface area contributed by atoms with Gasteiger partial charge in [-0.1, -0.05) is 0 Å². The zero-order chi connectivity index (χ0) is 15.7. The lowest BCUT2D eigenvalue weighted by atomic mass is 10.1. The fourth-order valence-corrected chi connectivity index (χ4v) is 2.50. The van der Waals surface area contributed by atoms with Crippen LogP contribution in [0, 0.1) is 0 Å². The van der Waals surface area contributed by atoms with Crippen LogP contribution in [0.1, 0.15) is 0 Å². The number of rotatable bonds is 4. The van der Waals surface area contributed by atoms with Crippen molar-refractivity contribution in [2.24, 2.45) is 7.05 Å². The highest BCUT2D eigenvalue weighted by atomic mass is 16.5. The van der Waals surface area contributed by atoms with Gasteiger partial charge in [-0.05, 0) is 41.3 Å². The molecule has 0 aromatic heterocycles. The molecule has 1 aliphatic carbocycles. The van der Waals surface area contributed by atoms with Gasteiger partial charge in [0.1, 0.15) is 18.5 Å². The van der Waals surface area contributed by atoms with Gasteiger partial charge in [0, 0.05) is 19.2 Å². The predicted octanol–water partition coefficient (Wildman–Crippen LogP) is 1.38. The summed E-state index contributed by atoms with van der Waals surface area (Å²) in [6.45, 7) is -0.303. The number of aliphatic hydroxyl groups is 2. The fourth-order valence-electron chi connectivity index (χ4n) is 2.50. The number of hydrogen-bond donors (Lipinski definition) is 2. The van der Waals surface area contributed by atoms with Gasteiger partial charge >= 0.3 is 0 Å². The Balaban J connectivity index is 2.07. The Morgan fingerprint density at radius 2 is 2.00 bits per heavy atom. The van der Waals surface area contributed by atoms with E-state index in [1.165, 1.54) is 0 Å². The normalized spacial score (nSPS) is 12.7. The second-order valence-electron chi connectivity index (χ2n) is 5.29. The Hall–Kier alpha value is -2.37. The van der Waals surface area contributed by atoms with Crippen LogP contribution < -0.4 is 10.2 Å². The Bertz CT molecular complexity index is 840. The van der Waals surface area contributed by atoms with Crippen LogP contribution in [0.4, 0.5) is 0 Å². The third-order valence-corrected chi connectivity index (χ3v) is 3.69.